The van der Waals surface area contributed by atoms with Crippen molar-refractivity contribution in [2.45, 2.75) is 82.2 Å². The molecule has 0 unspecified atom stereocenters. The van der Waals surface area contributed by atoms with Gasteiger partial charge in [-0.25, -0.2) is 9.78 Å². The summed E-state index contributed by atoms with van der Waals surface area (Å²) in [6.45, 7) is 8.43. The molecule has 0 saturated heterocycles. The Morgan fingerprint density at radius 1 is 1.09 bits per heavy atom. The number of carbonyl (C=O) groups excluding carboxylic acids is 1. The molecule has 7 heteroatoms. The highest BCUT2D eigenvalue weighted by molar-refractivity contribution is 7.97. The summed E-state index contributed by atoms with van der Waals surface area (Å²) < 4.78 is 3.53. The van der Waals surface area contributed by atoms with Gasteiger partial charge in [0.25, 0.3) is 0 Å². The molecule has 35 heavy (non-hydrogen) atoms. The average Bonchev–Trinajstić information content (AvgIpc) is 3.33. The summed E-state index contributed by atoms with van der Waals surface area (Å²) >= 11 is 3.42. The summed E-state index contributed by atoms with van der Waals surface area (Å²) in [5.74, 6) is 0.600. The minimum Gasteiger partial charge on any atom is -0.331 e. The lowest BCUT2D eigenvalue weighted by atomic mass is 9.90. The molecular weight excluding hydrogens is 472 g/mol. The lowest BCUT2D eigenvalue weighted by Crippen LogP contribution is -2.31. The highest BCUT2D eigenvalue weighted by Crippen LogP contribution is 2.40. The van der Waals surface area contributed by atoms with Gasteiger partial charge in [-0.1, -0.05) is 55.7 Å². The van der Waals surface area contributed by atoms with Gasteiger partial charge in [0.05, 0.1) is 15.9 Å². The lowest BCUT2D eigenvalue weighted by Gasteiger charge is -2.21. The number of nitrogens with one attached hydrogen (secondary N) is 3. The van der Waals surface area contributed by atoms with Crippen molar-refractivity contribution >= 4 is 35.0 Å². The van der Waals surface area contributed by atoms with E-state index in [-0.39, 0.29) is 17.6 Å². The maximum atomic E-state index is 12.7. The molecule has 0 bridgehead atoms. The number of urea groups is 1. The topological polar surface area (TPSA) is 66.0 Å². The van der Waals surface area contributed by atoms with Crippen LogP contribution in [0.15, 0.2) is 59.6 Å². The van der Waals surface area contributed by atoms with E-state index in [2.05, 4.69) is 42.2 Å². The van der Waals surface area contributed by atoms with E-state index in [9.17, 15) is 4.79 Å². The number of hydrogen-bond donors (Lipinski definition) is 3. The van der Waals surface area contributed by atoms with Gasteiger partial charge in [0.15, 0.2) is 0 Å². The Hall–Kier alpha value is -2.35. The van der Waals surface area contributed by atoms with Gasteiger partial charge in [-0.05, 0) is 70.2 Å². The number of hydrogen-bond acceptors (Lipinski definition) is 5. The molecule has 1 aliphatic rings. The monoisotopic (exact) mass is 508 g/mol. The number of rotatable bonds is 7. The maximum Gasteiger partial charge on any atom is 0.319 e. The Morgan fingerprint density at radius 3 is 2.54 bits per heavy atom. The van der Waals surface area contributed by atoms with Crippen LogP contribution in [0.2, 0.25) is 0 Å². The second-order valence-electron chi connectivity index (χ2n) is 10.3. The van der Waals surface area contributed by atoms with Gasteiger partial charge >= 0.3 is 6.03 Å². The smallest absolute Gasteiger partial charge is 0.319 e. The Morgan fingerprint density at radius 2 is 1.83 bits per heavy atom. The number of thiazole rings is 1. The van der Waals surface area contributed by atoms with Crippen molar-refractivity contribution in [2.24, 2.45) is 0 Å². The average molecular weight is 509 g/mol. The molecule has 1 saturated carbocycles. The van der Waals surface area contributed by atoms with Crippen molar-refractivity contribution < 1.29 is 4.79 Å². The van der Waals surface area contributed by atoms with Crippen LogP contribution in [0.4, 0.5) is 10.5 Å². The van der Waals surface area contributed by atoms with Crippen molar-refractivity contribution in [1.82, 2.24) is 15.0 Å². The lowest BCUT2D eigenvalue weighted by molar-refractivity contribution is 0.249. The van der Waals surface area contributed by atoms with E-state index in [4.69, 9.17) is 4.98 Å². The summed E-state index contributed by atoms with van der Waals surface area (Å²) in [6, 6.07) is 15.8. The van der Waals surface area contributed by atoms with E-state index in [1.807, 2.05) is 66.9 Å². The van der Waals surface area contributed by atoms with Gasteiger partial charge in [-0.15, -0.1) is 11.3 Å². The van der Waals surface area contributed by atoms with Crippen molar-refractivity contribution in [2.75, 3.05) is 5.32 Å². The van der Waals surface area contributed by atoms with Crippen LogP contribution in [-0.2, 0) is 0 Å². The predicted molar refractivity (Wildman–Crippen MR) is 149 cm³/mol. The van der Waals surface area contributed by atoms with E-state index < -0.39 is 0 Å². The molecule has 0 radical (unpaired) electrons. The SMILES string of the molecule is C[C@H](NC(=O)Nc1ccc(-c2cnc(C3CCCCC3)s2)c(SNC(C)(C)C)c1)c1ccccc1. The molecule has 2 aromatic carbocycles. The number of nitrogens with zero attached hydrogens (tertiary/aromatic N) is 1. The Kier molecular flexibility index (Phi) is 8.52. The highest BCUT2D eigenvalue weighted by atomic mass is 32.2. The molecule has 1 heterocycles. The zero-order valence-electron chi connectivity index (χ0n) is 21.1. The molecule has 1 atom stereocenters. The quantitative estimate of drug-likeness (QED) is 0.282. The van der Waals surface area contributed by atoms with Crippen LogP contribution in [0.3, 0.4) is 0 Å². The van der Waals surface area contributed by atoms with Gasteiger partial charge in [0, 0.05) is 33.8 Å². The molecule has 1 aromatic heterocycles. The molecule has 1 aliphatic carbocycles. The first-order chi connectivity index (χ1) is 16.8. The standard InChI is InChI=1S/C28H36N4OS2/c1-19(20-11-7-5-8-12-20)30-27(33)31-22-15-16-23(24(17-22)35-32-28(2,3)4)25-18-29-26(34-25)21-13-9-6-10-14-21/h5,7-8,11-12,15-19,21,32H,6,9-10,13-14H2,1-4H3,(H2,30,31,33)/t19-/m0/s1. The summed E-state index contributed by atoms with van der Waals surface area (Å²) in [5, 5.41) is 7.30. The third-order valence-electron chi connectivity index (χ3n) is 6.10. The second-order valence-corrected chi connectivity index (χ2v) is 12.2. The van der Waals surface area contributed by atoms with Gasteiger partial charge in [-0.3, -0.25) is 4.72 Å². The molecule has 1 fully saturated rings. The van der Waals surface area contributed by atoms with Crippen LogP contribution in [0.1, 0.15) is 82.3 Å². The summed E-state index contributed by atoms with van der Waals surface area (Å²) in [5.41, 5.74) is 2.94. The molecule has 5 nitrogen and oxygen atoms in total. The Bertz CT molecular complexity index is 1120. The molecule has 3 aromatic rings. The van der Waals surface area contributed by atoms with Gasteiger partial charge < -0.3 is 10.6 Å². The van der Waals surface area contributed by atoms with Crippen LogP contribution in [0.5, 0.6) is 0 Å². The van der Waals surface area contributed by atoms with E-state index in [1.165, 1.54) is 42.0 Å². The van der Waals surface area contributed by atoms with E-state index >= 15 is 0 Å². The Labute approximate surface area is 217 Å². The first kappa shape index (κ1) is 25.7. The summed E-state index contributed by atoms with van der Waals surface area (Å²) in [7, 11) is 0. The van der Waals surface area contributed by atoms with Gasteiger partial charge in [-0.2, -0.15) is 0 Å². The second kappa shape index (κ2) is 11.6. The zero-order chi connectivity index (χ0) is 24.8. The predicted octanol–water partition coefficient (Wildman–Crippen LogP) is 8.14. The molecule has 4 rings (SSSR count). The van der Waals surface area contributed by atoms with Crippen LogP contribution < -0.4 is 15.4 Å². The van der Waals surface area contributed by atoms with Crippen LogP contribution in [0.25, 0.3) is 10.4 Å². The van der Waals surface area contributed by atoms with E-state index in [0.717, 1.165) is 21.7 Å². The highest BCUT2D eigenvalue weighted by Gasteiger charge is 2.21. The van der Waals surface area contributed by atoms with Crippen molar-refractivity contribution in [3.63, 3.8) is 0 Å². The molecule has 186 valence electrons. The van der Waals surface area contributed by atoms with Crippen molar-refractivity contribution in [3.8, 4) is 10.4 Å². The largest absolute Gasteiger partial charge is 0.331 e. The number of carbonyl (C=O) groups is 1. The first-order valence-corrected chi connectivity index (χ1v) is 14.1. The Balaban J connectivity index is 1.51. The van der Waals surface area contributed by atoms with Gasteiger partial charge in [0.1, 0.15) is 0 Å². The molecular formula is C28H36N4OS2. The fraction of sp³-hybridized carbons (Fsp3) is 0.429. The molecule has 0 spiro atoms. The van der Waals surface area contributed by atoms with Crippen LogP contribution >= 0.6 is 23.3 Å². The van der Waals surface area contributed by atoms with Crippen LogP contribution in [0, 0.1) is 0 Å². The van der Waals surface area contributed by atoms with Gasteiger partial charge in [0.2, 0.25) is 0 Å². The minimum atomic E-state index is -0.216. The van der Waals surface area contributed by atoms with Crippen molar-refractivity contribution in [1.29, 1.82) is 0 Å². The van der Waals surface area contributed by atoms with Crippen LogP contribution in [-0.4, -0.2) is 16.6 Å². The minimum absolute atomic E-state index is 0.0468. The number of amides is 2. The zero-order valence-corrected chi connectivity index (χ0v) is 22.7. The fourth-order valence-electron chi connectivity index (χ4n) is 4.24. The fourth-order valence-corrected chi connectivity index (χ4v) is 6.32. The third kappa shape index (κ3) is 7.32. The number of anilines is 1. The molecule has 3 N–H and O–H groups in total. The first-order valence-electron chi connectivity index (χ1n) is 12.4. The normalized spacial score (nSPS) is 15.5. The molecule has 0 aliphatic heterocycles. The number of benzene rings is 2. The van der Waals surface area contributed by atoms with E-state index in [1.54, 1.807) is 11.9 Å². The summed E-state index contributed by atoms with van der Waals surface area (Å²) in [6.07, 6.45) is 8.48. The number of aromatic nitrogens is 1. The third-order valence-corrected chi connectivity index (χ3v) is 8.56. The van der Waals surface area contributed by atoms with Crippen molar-refractivity contribution in [3.05, 3.63) is 65.3 Å². The van der Waals surface area contributed by atoms with E-state index in [0.29, 0.717) is 5.92 Å². The molecule has 2 amide bonds. The summed E-state index contributed by atoms with van der Waals surface area (Å²) in [4.78, 5) is 19.8. The maximum absolute atomic E-state index is 12.7.